The van der Waals surface area contributed by atoms with Gasteiger partial charge < -0.3 is 5.32 Å². The van der Waals surface area contributed by atoms with Gasteiger partial charge in [0.25, 0.3) is 0 Å². The van der Waals surface area contributed by atoms with E-state index in [1.807, 2.05) is 54.6 Å². The lowest BCUT2D eigenvalue weighted by Gasteiger charge is -2.03. The summed E-state index contributed by atoms with van der Waals surface area (Å²) in [5.41, 5.74) is 3.73. The van der Waals surface area contributed by atoms with E-state index in [0.717, 1.165) is 28.1 Å². The van der Waals surface area contributed by atoms with Crippen molar-refractivity contribution in [2.45, 2.75) is 0 Å². The van der Waals surface area contributed by atoms with Crippen LogP contribution in [0.5, 0.6) is 0 Å². The van der Waals surface area contributed by atoms with Crippen LogP contribution in [0, 0.1) is 0 Å². The predicted octanol–water partition coefficient (Wildman–Crippen LogP) is 3.29. The highest BCUT2D eigenvalue weighted by Crippen LogP contribution is 2.25. The Labute approximate surface area is 176 Å². The SMILES string of the molecule is c1ccc2c(c1)C(N=C1N=C(Nc3ccn[nH]3)c3ccccc31)=NC2=Nc1ccn[nH]1. The Morgan fingerprint density at radius 2 is 1.32 bits per heavy atom. The molecule has 0 fully saturated rings. The molecule has 0 amide bonds. The Balaban J connectivity index is 1.44. The van der Waals surface area contributed by atoms with E-state index >= 15 is 0 Å². The van der Waals surface area contributed by atoms with Gasteiger partial charge in [-0.3, -0.25) is 10.2 Å². The number of nitrogens with zero attached hydrogens (tertiary/aromatic N) is 6. The zero-order valence-electron chi connectivity index (χ0n) is 16.1. The highest BCUT2D eigenvalue weighted by molar-refractivity contribution is 6.31. The number of aromatic nitrogens is 4. The van der Waals surface area contributed by atoms with Crippen molar-refractivity contribution in [3.8, 4) is 0 Å². The predicted molar refractivity (Wildman–Crippen MR) is 119 cm³/mol. The number of H-pyrrole nitrogens is 2. The van der Waals surface area contributed by atoms with Crippen LogP contribution in [0.3, 0.4) is 0 Å². The molecule has 6 rings (SSSR count). The average Bonchev–Trinajstić information content (AvgIpc) is 3.59. The number of rotatable bonds is 2. The zero-order chi connectivity index (χ0) is 20.6. The van der Waals surface area contributed by atoms with Crippen LogP contribution in [0.2, 0.25) is 0 Å². The van der Waals surface area contributed by atoms with Crippen molar-refractivity contribution in [3.63, 3.8) is 0 Å². The van der Waals surface area contributed by atoms with Gasteiger partial charge in [-0.25, -0.2) is 20.0 Å². The van der Waals surface area contributed by atoms with Gasteiger partial charge in [-0.05, 0) is 0 Å². The number of hydrogen-bond acceptors (Lipinski definition) is 5. The Bertz CT molecular complexity index is 1390. The Hall–Kier alpha value is -4.66. The molecular weight excluding hydrogens is 390 g/mol. The first-order valence-electron chi connectivity index (χ1n) is 9.65. The summed E-state index contributed by atoms with van der Waals surface area (Å²) in [6, 6.07) is 19.5. The summed E-state index contributed by atoms with van der Waals surface area (Å²) < 4.78 is 0. The molecule has 9 heteroatoms. The maximum atomic E-state index is 4.82. The molecule has 31 heavy (non-hydrogen) atoms. The molecule has 2 aromatic heterocycles. The first-order chi connectivity index (χ1) is 15.3. The zero-order valence-corrected chi connectivity index (χ0v) is 16.1. The van der Waals surface area contributed by atoms with Gasteiger partial charge in [0.1, 0.15) is 17.5 Å². The van der Waals surface area contributed by atoms with Gasteiger partial charge in [0.05, 0.1) is 12.4 Å². The van der Waals surface area contributed by atoms with E-state index in [1.165, 1.54) is 0 Å². The molecule has 0 saturated heterocycles. The molecule has 2 aliphatic rings. The summed E-state index contributed by atoms with van der Waals surface area (Å²) in [6.07, 6.45) is 3.34. The molecule has 0 spiro atoms. The third kappa shape index (κ3) is 3.04. The number of nitrogens with one attached hydrogen (secondary N) is 3. The van der Waals surface area contributed by atoms with E-state index in [9.17, 15) is 0 Å². The van der Waals surface area contributed by atoms with Crippen LogP contribution in [-0.4, -0.2) is 43.7 Å². The standard InChI is InChI=1S/C22H15N9/c1-3-7-15-13(5-1)19(25-17-9-11-23-30-17)27-21(15)29-22-16-8-4-2-6-14(16)20(28-22)26-18-10-12-24-31-18/h1-12H,(H3,23,24,25,26,27,28,29,30,31). The van der Waals surface area contributed by atoms with Crippen LogP contribution in [0.1, 0.15) is 22.3 Å². The molecule has 4 heterocycles. The molecule has 0 unspecified atom stereocenters. The van der Waals surface area contributed by atoms with Gasteiger partial charge in [0.15, 0.2) is 17.5 Å². The van der Waals surface area contributed by atoms with Gasteiger partial charge in [0.2, 0.25) is 0 Å². The lowest BCUT2D eigenvalue weighted by atomic mass is 10.1. The summed E-state index contributed by atoms with van der Waals surface area (Å²) in [6.45, 7) is 0. The number of hydrogen-bond donors (Lipinski definition) is 3. The van der Waals surface area contributed by atoms with E-state index in [-0.39, 0.29) is 0 Å². The first-order valence-corrected chi connectivity index (χ1v) is 9.65. The second-order valence-corrected chi connectivity index (χ2v) is 6.90. The Morgan fingerprint density at radius 3 is 2.06 bits per heavy atom. The number of fused-ring (bicyclic) bond motifs is 2. The summed E-state index contributed by atoms with van der Waals surface area (Å²) in [5.74, 6) is 3.85. The Kier molecular flexibility index (Phi) is 3.88. The summed E-state index contributed by atoms with van der Waals surface area (Å²) in [5, 5.41) is 16.9. The van der Waals surface area contributed by atoms with Crippen LogP contribution in [0.4, 0.5) is 11.6 Å². The monoisotopic (exact) mass is 405 g/mol. The van der Waals surface area contributed by atoms with Crippen LogP contribution in [0.15, 0.2) is 93.0 Å². The van der Waals surface area contributed by atoms with Crippen molar-refractivity contribution in [1.29, 1.82) is 0 Å². The topological polar surface area (TPSA) is 119 Å². The molecule has 0 aliphatic carbocycles. The van der Waals surface area contributed by atoms with Crippen LogP contribution < -0.4 is 5.32 Å². The van der Waals surface area contributed by atoms with Crippen molar-refractivity contribution in [2.24, 2.45) is 20.0 Å². The maximum Gasteiger partial charge on any atom is 0.164 e. The molecule has 2 aromatic carbocycles. The number of benzene rings is 2. The normalized spacial score (nSPS) is 16.9. The molecule has 0 atom stereocenters. The molecular formula is C22H15N9. The smallest absolute Gasteiger partial charge is 0.164 e. The van der Waals surface area contributed by atoms with Crippen molar-refractivity contribution in [3.05, 3.63) is 95.3 Å². The lowest BCUT2D eigenvalue weighted by Crippen LogP contribution is -2.11. The fraction of sp³-hybridized carbons (Fsp3) is 0. The van der Waals surface area contributed by atoms with Gasteiger partial charge in [-0.2, -0.15) is 10.2 Å². The molecule has 4 aromatic rings. The van der Waals surface area contributed by atoms with E-state index in [0.29, 0.717) is 29.2 Å². The maximum absolute atomic E-state index is 4.82. The second-order valence-electron chi connectivity index (χ2n) is 6.90. The second kappa shape index (κ2) is 6.99. The number of amidine groups is 4. The van der Waals surface area contributed by atoms with Crippen LogP contribution >= 0.6 is 0 Å². The molecule has 9 nitrogen and oxygen atoms in total. The minimum atomic E-state index is 0.574. The van der Waals surface area contributed by atoms with Crippen LogP contribution in [0.25, 0.3) is 0 Å². The molecule has 0 saturated carbocycles. The largest absolute Gasteiger partial charge is 0.325 e. The van der Waals surface area contributed by atoms with E-state index in [2.05, 4.69) is 30.7 Å². The summed E-state index contributed by atoms with van der Waals surface area (Å²) in [4.78, 5) is 18.8. The van der Waals surface area contributed by atoms with Crippen molar-refractivity contribution in [2.75, 3.05) is 5.32 Å². The van der Waals surface area contributed by atoms with Crippen molar-refractivity contribution < 1.29 is 0 Å². The minimum absolute atomic E-state index is 0.574. The number of anilines is 1. The van der Waals surface area contributed by atoms with Gasteiger partial charge >= 0.3 is 0 Å². The van der Waals surface area contributed by atoms with Gasteiger partial charge in [-0.15, -0.1) is 0 Å². The van der Waals surface area contributed by atoms with Crippen molar-refractivity contribution in [1.82, 2.24) is 20.4 Å². The highest BCUT2D eigenvalue weighted by Gasteiger charge is 2.26. The van der Waals surface area contributed by atoms with E-state index < -0.39 is 0 Å². The van der Waals surface area contributed by atoms with Crippen molar-refractivity contribution >= 4 is 35.0 Å². The van der Waals surface area contributed by atoms with Gasteiger partial charge in [0, 0.05) is 34.4 Å². The quantitative estimate of drug-likeness (QED) is 0.475. The highest BCUT2D eigenvalue weighted by atomic mass is 15.2. The average molecular weight is 405 g/mol. The fourth-order valence-corrected chi connectivity index (χ4v) is 3.53. The number of aromatic amines is 2. The molecule has 3 N–H and O–H groups in total. The first kappa shape index (κ1) is 17.2. The molecule has 148 valence electrons. The summed E-state index contributed by atoms with van der Waals surface area (Å²) in [7, 11) is 0. The molecule has 0 radical (unpaired) electrons. The molecule has 2 aliphatic heterocycles. The lowest BCUT2D eigenvalue weighted by molar-refractivity contribution is 1.08. The van der Waals surface area contributed by atoms with E-state index in [1.54, 1.807) is 18.5 Å². The van der Waals surface area contributed by atoms with Gasteiger partial charge in [-0.1, -0.05) is 48.5 Å². The fourth-order valence-electron chi connectivity index (χ4n) is 3.53. The minimum Gasteiger partial charge on any atom is -0.325 e. The van der Waals surface area contributed by atoms with Crippen LogP contribution in [-0.2, 0) is 0 Å². The molecule has 0 bridgehead atoms. The Morgan fingerprint density at radius 1 is 0.645 bits per heavy atom. The van der Waals surface area contributed by atoms with E-state index in [4.69, 9.17) is 15.0 Å². The third-order valence-electron chi connectivity index (χ3n) is 4.94. The third-order valence-corrected chi connectivity index (χ3v) is 4.94. The summed E-state index contributed by atoms with van der Waals surface area (Å²) >= 11 is 0. The number of aliphatic imine (C=N–C) groups is 4.